The lowest BCUT2D eigenvalue weighted by Gasteiger charge is -2.18. The third kappa shape index (κ3) is 38.6. The molecule has 0 aliphatic rings. The number of aliphatic carboxylic acids is 1. The first-order valence-electron chi connectivity index (χ1n) is 21.0. The van der Waals surface area contributed by atoms with Crippen LogP contribution in [0.2, 0.25) is 0 Å². The van der Waals surface area contributed by atoms with Crippen molar-refractivity contribution in [3.05, 3.63) is 36.5 Å². The molecule has 0 aromatic carbocycles. The average molecular weight is 673 g/mol. The van der Waals surface area contributed by atoms with E-state index >= 15 is 0 Å². The summed E-state index contributed by atoms with van der Waals surface area (Å²) in [6.07, 6.45) is 52.1. The lowest BCUT2D eigenvalue weighted by molar-refractivity contribution is -0.150. The van der Waals surface area contributed by atoms with E-state index < -0.39 is 5.97 Å². The summed E-state index contributed by atoms with van der Waals surface area (Å²) in [5.74, 6) is -0.631. The van der Waals surface area contributed by atoms with Crippen LogP contribution in [0.3, 0.4) is 0 Å². The number of hydrogen-bond acceptors (Lipinski definition) is 3. The number of carboxylic acid groups (broad SMARTS) is 1. The van der Waals surface area contributed by atoms with E-state index in [0.717, 1.165) is 57.8 Å². The first-order chi connectivity index (χ1) is 23.6. The number of carbonyl (C=O) groups is 2. The summed E-state index contributed by atoms with van der Waals surface area (Å²) in [4.78, 5) is 23.1. The number of allylic oxidation sites excluding steroid dienone is 6. The Kier molecular flexibility index (Phi) is 38.1. The van der Waals surface area contributed by atoms with Gasteiger partial charge < -0.3 is 9.84 Å². The zero-order valence-corrected chi connectivity index (χ0v) is 32.0. The van der Waals surface area contributed by atoms with Gasteiger partial charge in [0.15, 0.2) is 0 Å². The lowest BCUT2D eigenvalue weighted by Crippen LogP contribution is -2.18. The van der Waals surface area contributed by atoms with E-state index in [0.29, 0.717) is 12.8 Å². The summed E-state index contributed by atoms with van der Waals surface area (Å²) >= 11 is 0. The Balaban J connectivity index is 3.71. The number of carbonyl (C=O) groups excluding carboxylic acids is 1. The Morgan fingerprint density at radius 1 is 0.479 bits per heavy atom. The molecule has 4 heteroatoms. The fourth-order valence-electron chi connectivity index (χ4n) is 6.32. The lowest BCUT2D eigenvalue weighted by atomic mass is 10.0. The van der Waals surface area contributed by atoms with Gasteiger partial charge in [0.1, 0.15) is 6.10 Å². The Morgan fingerprint density at radius 3 is 1.35 bits per heavy atom. The van der Waals surface area contributed by atoms with Crippen molar-refractivity contribution in [1.29, 1.82) is 0 Å². The van der Waals surface area contributed by atoms with Crippen molar-refractivity contribution in [1.82, 2.24) is 0 Å². The maximum atomic E-state index is 12.6. The van der Waals surface area contributed by atoms with Crippen molar-refractivity contribution >= 4 is 11.9 Å². The van der Waals surface area contributed by atoms with Crippen LogP contribution in [0.25, 0.3) is 0 Å². The predicted octanol–water partition coefficient (Wildman–Crippen LogP) is 14.6. The topological polar surface area (TPSA) is 63.6 Å². The van der Waals surface area contributed by atoms with E-state index in [2.05, 4.69) is 50.3 Å². The summed E-state index contributed by atoms with van der Waals surface area (Å²) in [6.45, 7) is 4.41. The van der Waals surface area contributed by atoms with Gasteiger partial charge in [0.2, 0.25) is 0 Å². The molecule has 1 unspecified atom stereocenters. The number of esters is 1. The molecule has 0 bridgehead atoms. The Hall–Kier alpha value is -1.84. The molecule has 0 saturated heterocycles. The fourth-order valence-corrected chi connectivity index (χ4v) is 6.32. The molecule has 0 saturated carbocycles. The van der Waals surface area contributed by atoms with Gasteiger partial charge in [-0.2, -0.15) is 0 Å². The van der Waals surface area contributed by atoms with E-state index in [1.807, 2.05) is 0 Å². The molecule has 48 heavy (non-hydrogen) atoms. The van der Waals surface area contributed by atoms with Crippen LogP contribution in [-0.2, 0) is 14.3 Å². The normalized spacial score (nSPS) is 12.5. The van der Waals surface area contributed by atoms with Gasteiger partial charge in [0, 0.05) is 12.8 Å². The molecule has 280 valence electrons. The first-order valence-corrected chi connectivity index (χ1v) is 21.0. The molecule has 0 rings (SSSR count). The first kappa shape index (κ1) is 46.2. The SMILES string of the molecule is CC/C=C\C/C=C\C/C=C\CCCCCCCCCC(=O)OC(CCCCC)CCCCCCCCCCCCCCCCCC(=O)O. The third-order valence-corrected chi connectivity index (χ3v) is 9.38. The molecular formula is C44H80O4. The minimum absolute atomic E-state index is 0.0336. The van der Waals surface area contributed by atoms with Gasteiger partial charge in [-0.1, -0.05) is 179 Å². The highest BCUT2D eigenvalue weighted by molar-refractivity contribution is 5.69. The standard InChI is InChI=1S/C44H80O4/c1-3-5-7-8-9-10-11-12-13-14-18-21-24-27-30-33-37-41-44(47)48-42(38-34-6-4-2)39-35-31-28-25-22-19-16-15-17-20-23-26-29-32-36-40-43(45)46/h5,7,9-10,12-13,42H,3-4,6,8,11,14-41H2,1-2H3,(H,45,46)/b7-5-,10-9-,13-12-. The monoisotopic (exact) mass is 673 g/mol. The van der Waals surface area contributed by atoms with Crippen LogP contribution in [0.15, 0.2) is 36.5 Å². The van der Waals surface area contributed by atoms with E-state index in [1.165, 1.54) is 141 Å². The van der Waals surface area contributed by atoms with Gasteiger partial charge in [0.05, 0.1) is 0 Å². The summed E-state index contributed by atoms with van der Waals surface area (Å²) in [6, 6.07) is 0. The number of carboxylic acids is 1. The van der Waals surface area contributed by atoms with Crippen molar-refractivity contribution in [2.24, 2.45) is 0 Å². The smallest absolute Gasteiger partial charge is 0.306 e. The summed E-state index contributed by atoms with van der Waals surface area (Å²) in [5.41, 5.74) is 0. The molecule has 1 atom stereocenters. The highest BCUT2D eigenvalue weighted by atomic mass is 16.5. The molecule has 0 aromatic rings. The van der Waals surface area contributed by atoms with Gasteiger partial charge in [-0.3, -0.25) is 9.59 Å². The number of rotatable bonds is 38. The van der Waals surface area contributed by atoms with Gasteiger partial charge >= 0.3 is 11.9 Å². The molecule has 4 nitrogen and oxygen atoms in total. The quantitative estimate of drug-likeness (QED) is 0.0403. The maximum Gasteiger partial charge on any atom is 0.306 e. The van der Waals surface area contributed by atoms with Crippen molar-refractivity contribution in [2.75, 3.05) is 0 Å². The molecule has 0 radical (unpaired) electrons. The van der Waals surface area contributed by atoms with Crippen LogP contribution in [0.1, 0.15) is 226 Å². The van der Waals surface area contributed by atoms with E-state index in [4.69, 9.17) is 9.84 Å². The number of ether oxygens (including phenoxy) is 1. The molecule has 0 aromatic heterocycles. The minimum Gasteiger partial charge on any atom is -0.481 e. The Bertz CT molecular complexity index is 768. The molecule has 1 N–H and O–H groups in total. The van der Waals surface area contributed by atoms with E-state index in [-0.39, 0.29) is 12.1 Å². The minimum atomic E-state index is -0.665. The van der Waals surface area contributed by atoms with Gasteiger partial charge in [-0.15, -0.1) is 0 Å². The second kappa shape index (κ2) is 39.6. The zero-order chi connectivity index (χ0) is 35.0. The largest absolute Gasteiger partial charge is 0.481 e. The molecule has 0 aliphatic carbocycles. The Morgan fingerprint density at radius 2 is 0.875 bits per heavy atom. The maximum absolute atomic E-state index is 12.6. The molecule has 0 amide bonds. The second-order valence-corrected chi connectivity index (χ2v) is 14.2. The highest BCUT2D eigenvalue weighted by Gasteiger charge is 2.14. The number of hydrogen-bond donors (Lipinski definition) is 1. The Labute approximate surface area is 299 Å². The van der Waals surface area contributed by atoms with E-state index in [1.54, 1.807) is 0 Å². The van der Waals surface area contributed by atoms with Crippen molar-refractivity contribution in [3.63, 3.8) is 0 Å². The van der Waals surface area contributed by atoms with Gasteiger partial charge in [-0.25, -0.2) is 0 Å². The van der Waals surface area contributed by atoms with Crippen LogP contribution >= 0.6 is 0 Å². The molecular weight excluding hydrogens is 592 g/mol. The predicted molar refractivity (Wildman–Crippen MR) is 209 cm³/mol. The summed E-state index contributed by atoms with van der Waals surface area (Å²) in [5, 5.41) is 8.67. The summed E-state index contributed by atoms with van der Waals surface area (Å²) in [7, 11) is 0. The van der Waals surface area contributed by atoms with Crippen LogP contribution < -0.4 is 0 Å². The fraction of sp³-hybridized carbons (Fsp3) is 0.818. The molecule has 0 heterocycles. The molecule has 0 fully saturated rings. The van der Waals surface area contributed by atoms with Crippen LogP contribution in [0, 0.1) is 0 Å². The van der Waals surface area contributed by atoms with Gasteiger partial charge in [-0.05, 0) is 70.6 Å². The van der Waals surface area contributed by atoms with Crippen molar-refractivity contribution < 1.29 is 19.4 Å². The van der Waals surface area contributed by atoms with Crippen LogP contribution in [0.5, 0.6) is 0 Å². The molecule has 0 spiro atoms. The van der Waals surface area contributed by atoms with Crippen LogP contribution in [-0.4, -0.2) is 23.1 Å². The van der Waals surface area contributed by atoms with Crippen LogP contribution in [0.4, 0.5) is 0 Å². The van der Waals surface area contributed by atoms with Gasteiger partial charge in [0.25, 0.3) is 0 Å². The van der Waals surface area contributed by atoms with E-state index in [9.17, 15) is 9.59 Å². The number of unbranched alkanes of at least 4 members (excludes halogenated alkanes) is 23. The average Bonchev–Trinajstić information content (AvgIpc) is 3.07. The second-order valence-electron chi connectivity index (χ2n) is 14.2. The van der Waals surface area contributed by atoms with Crippen molar-refractivity contribution in [3.8, 4) is 0 Å². The van der Waals surface area contributed by atoms with Crippen molar-refractivity contribution in [2.45, 2.75) is 232 Å². The summed E-state index contributed by atoms with van der Waals surface area (Å²) < 4.78 is 5.98. The third-order valence-electron chi connectivity index (χ3n) is 9.38. The zero-order valence-electron chi connectivity index (χ0n) is 32.0. The molecule has 0 aliphatic heterocycles. The highest BCUT2D eigenvalue weighted by Crippen LogP contribution is 2.19.